The summed E-state index contributed by atoms with van der Waals surface area (Å²) in [5.74, 6) is 0.758. The molecule has 0 aromatic heterocycles. The molecule has 23 heavy (non-hydrogen) atoms. The van der Waals surface area contributed by atoms with E-state index in [0.717, 1.165) is 18.5 Å². The molecule has 1 saturated heterocycles. The molecule has 2 aromatic carbocycles. The maximum Gasteiger partial charge on any atom is 0.0399 e. The molecule has 0 radical (unpaired) electrons. The topological polar surface area (TPSA) is 6.48 Å². The van der Waals surface area contributed by atoms with Gasteiger partial charge in [-0.05, 0) is 37.5 Å². The number of hydrogen-bond donors (Lipinski definition) is 0. The largest absolute Gasteiger partial charge is 0.366 e. The van der Waals surface area contributed by atoms with Gasteiger partial charge in [-0.25, -0.2) is 0 Å². The Hall–Kier alpha value is -1.80. The average molecular weight is 306 g/mol. The van der Waals surface area contributed by atoms with Crippen molar-refractivity contribution in [1.29, 1.82) is 0 Å². The van der Waals surface area contributed by atoms with Crippen molar-refractivity contribution < 1.29 is 0 Å². The summed E-state index contributed by atoms with van der Waals surface area (Å²) in [4.78, 5) is 5.31. The molecule has 1 aliphatic heterocycles. The van der Waals surface area contributed by atoms with Gasteiger partial charge in [0.25, 0.3) is 0 Å². The van der Waals surface area contributed by atoms with Gasteiger partial charge in [0.05, 0.1) is 0 Å². The van der Waals surface area contributed by atoms with Gasteiger partial charge in [-0.2, -0.15) is 0 Å². The van der Waals surface area contributed by atoms with E-state index in [2.05, 4.69) is 78.2 Å². The Labute approximate surface area is 139 Å². The molecule has 2 nitrogen and oxygen atoms in total. The SMILES string of the molecule is Cc1ccccc1N1CCN([C@@H]2C[C@H]2c2ccccc2)CC1C. The second-order valence-electron chi connectivity index (χ2n) is 7.14. The van der Waals surface area contributed by atoms with Crippen LogP contribution in [0.15, 0.2) is 54.6 Å². The first-order valence-electron chi connectivity index (χ1n) is 8.85. The second kappa shape index (κ2) is 6.01. The maximum absolute atomic E-state index is 2.72. The van der Waals surface area contributed by atoms with Crippen LogP contribution in [-0.4, -0.2) is 36.6 Å². The van der Waals surface area contributed by atoms with Crippen molar-refractivity contribution in [2.75, 3.05) is 24.5 Å². The lowest BCUT2D eigenvalue weighted by Gasteiger charge is -2.42. The van der Waals surface area contributed by atoms with E-state index in [9.17, 15) is 0 Å². The monoisotopic (exact) mass is 306 g/mol. The summed E-state index contributed by atoms with van der Waals surface area (Å²) in [6, 6.07) is 21.2. The minimum atomic E-state index is 0.585. The highest BCUT2D eigenvalue weighted by atomic mass is 15.3. The fraction of sp³-hybridized carbons (Fsp3) is 0.429. The third-order valence-corrected chi connectivity index (χ3v) is 5.54. The van der Waals surface area contributed by atoms with Gasteiger partial charge in [-0.1, -0.05) is 48.5 Å². The quantitative estimate of drug-likeness (QED) is 0.843. The van der Waals surface area contributed by atoms with Crippen LogP contribution in [0.1, 0.15) is 30.4 Å². The van der Waals surface area contributed by atoms with Crippen LogP contribution >= 0.6 is 0 Å². The molecule has 3 atom stereocenters. The number of nitrogens with zero attached hydrogens (tertiary/aromatic N) is 2. The highest BCUT2D eigenvalue weighted by molar-refractivity contribution is 5.54. The zero-order valence-electron chi connectivity index (χ0n) is 14.2. The van der Waals surface area contributed by atoms with Crippen LogP contribution in [0.4, 0.5) is 5.69 Å². The van der Waals surface area contributed by atoms with E-state index in [-0.39, 0.29) is 0 Å². The molecule has 0 bridgehead atoms. The number of anilines is 1. The summed E-state index contributed by atoms with van der Waals surface area (Å²) in [5, 5.41) is 0. The van der Waals surface area contributed by atoms with Crippen LogP contribution in [0.3, 0.4) is 0 Å². The zero-order valence-corrected chi connectivity index (χ0v) is 14.2. The fourth-order valence-corrected chi connectivity index (χ4v) is 4.17. The Balaban J connectivity index is 1.42. The molecule has 2 heteroatoms. The van der Waals surface area contributed by atoms with E-state index in [0.29, 0.717) is 6.04 Å². The minimum absolute atomic E-state index is 0.585. The lowest BCUT2D eigenvalue weighted by atomic mass is 10.1. The summed E-state index contributed by atoms with van der Waals surface area (Å²) in [6.07, 6.45) is 1.33. The molecule has 4 rings (SSSR count). The molecule has 1 heterocycles. The first-order valence-corrected chi connectivity index (χ1v) is 8.85. The third-order valence-electron chi connectivity index (χ3n) is 5.54. The number of piperazine rings is 1. The van der Waals surface area contributed by atoms with Crippen molar-refractivity contribution in [3.63, 3.8) is 0 Å². The molecular weight excluding hydrogens is 280 g/mol. The summed E-state index contributed by atoms with van der Waals surface area (Å²) in [5.41, 5.74) is 4.32. The summed E-state index contributed by atoms with van der Waals surface area (Å²) in [6.45, 7) is 8.11. The van der Waals surface area contributed by atoms with Crippen molar-refractivity contribution in [3.05, 3.63) is 65.7 Å². The second-order valence-corrected chi connectivity index (χ2v) is 7.14. The van der Waals surface area contributed by atoms with E-state index < -0.39 is 0 Å². The zero-order chi connectivity index (χ0) is 15.8. The van der Waals surface area contributed by atoms with Gasteiger partial charge in [-0.3, -0.25) is 4.90 Å². The van der Waals surface area contributed by atoms with Crippen LogP contribution in [0, 0.1) is 6.92 Å². The van der Waals surface area contributed by atoms with Gasteiger partial charge < -0.3 is 4.90 Å². The predicted octanol–water partition coefficient (Wildman–Crippen LogP) is 4.06. The van der Waals surface area contributed by atoms with Gasteiger partial charge in [0, 0.05) is 43.3 Å². The number of hydrogen-bond acceptors (Lipinski definition) is 2. The summed E-state index contributed by atoms with van der Waals surface area (Å²) in [7, 11) is 0. The number of aryl methyl sites for hydroxylation is 1. The molecule has 2 fully saturated rings. The molecule has 120 valence electrons. The average Bonchev–Trinajstić information content (AvgIpc) is 3.37. The van der Waals surface area contributed by atoms with Crippen LogP contribution in [0.2, 0.25) is 0 Å². The van der Waals surface area contributed by atoms with Crippen molar-refractivity contribution >= 4 is 5.69 Å². The minimum Gasteiger partial charge on any atom is -0.366 e. The Kier molecular flexibility index (Phi) is 3.86. The van der Waals surface area contributed by atoms with E-state index in [1.54, 1.807) is 0 Å². The summed E-state index contributed by atoms with van der Waals surface area (Å²) < 4.78 is 0. The third kappa shape index (κ3) is 2.88. The van der Waals surface area contributed by atoms with Gasteiger partial charge in [0.15, 0.2) is 0 Å². The maximum atomic E-state index is 2.72. The lowest BCUT2D eigenvalue weighted by Crippen LogP contribution is -2.53. The highest BCUT2D eigenvalue weighted by Crippen LogP contribution is 2.45. The fourth-order valence-electron chi connectivity index (χ4n) is 4.17. The van der Waals surface area contributed by atoms with Crippen LogP contribution in [0.5, 0.6) is 0 Å². The molecule has 0 amide bonds. The molecule has 1 aliphatic carbocycles. The molecule has 0 N–H and O–H groups in total. The molecule has 0 spiro atoms. The van der Waals surface area contributed by atoms with Gasteiger partial charge >= 0.3 is 0 Å². The summed E-state index contributed by atoms with van der Waals surface area (Å²) >= 11 is 0. The molecule has 1 saturated carbocycles. The standard InChI is InChI=1S/C21H26N2/c1-16-8-6-7-11-20(16)23-13-12-22(15-17(23)2)21-14-19(21)18-9-4-3-5-10-18/h3-11,17,19,21H,12-15H2,1-2H3/t17?,19-,21+/m0/s1. The predicted molar refractivity (Wildman–Crippen MR) is 97.1 cm³/mol. The first kappa shape index (κ1) is 14.8. The Morgan fingerprint density at radius 2 is 1.65 bits per heavy atom. The van der Waals surface area contributed by atoms with E-state index in [1.165, 1.54) is 36.3 Å². The van der Waals surface area contributed by atoms with Crippen molar-refractivity contribution in [2.45, 2.75) is 38.3 Å². The number of rotatable bonds is 3. The van der Waals surface area contributed by atoms with Gasteiger partial charge in [0.2, 0.25) is 0 Å². The molecule has 2 aromatic rings. The Morgan fingerprint density at radius 1 is 0.913 bits per heavy atom. The van der Waals surface area contributed by atoms with Gasteiger partial charge in [0.1, 0.15) is 0 Å². The molecule has 1 unspecified atom stereocenters. The molecule has 2 aliphatic rings. The van der Waals surface area contributed by atoms with E-state index >= 15 is 0 Å². The molecular formula is C21H26N2. The lowest BCUT2D eigenvalue weighted by molar-refractivity contribution is 0.216. The van der Waals surface area contributed by atoms with Crippen molar-refractivity contribution in [2.24, 2.45) is 0 Å². The van der Waals surface area contributed by atoms with Crippen LogP contribution in [-0.2, 0) is 0 Å². The first-order chi connectivity index (χ1) is 11.2. The van der Waals surface area contributed by atoms with E-state index in [1.807, 2.05) is 0 Å². The normalized spacial score (nSPS) is 27.9. The van der Waals surface area contributed by atoms with Crippen molar-refractivity contribution in [3.8, 4) is 0 Å². The number of para-hydroxylation sites is 1. The number of benzene rings is 2. The van der Waals surface area contributed by atoms with Crippen LogP contribution < -0.4 is 4.90 Å². The Morgan fingerprint density at radius 3 is 2.39 bits per heavy atom. The highest BCUT2D eigenvalue weighted by Gasteiger charge is 2.44. The van der Waals surface area contributed by atoms with Crippen molar-refractivity contribution in [1.82, 2.24) is 4.90 Å². The smallest absolute Gasteiger partial charge is 0.0399 e. The van der Waals surface area contributed by atoms with E-state index in [4.69, 9.17) is 0 Å². The van der Waals surface area contributed by atoms with Crippen LogP contribution in [0.25, 0.3) is 0 Å². The Bertz CT molecular complexity index is 667. The van der Waals surface area contributed by atoms with Gasteiger partial charge in [-0.15, -0.1) is 0 Å².